The van der Waals surface area contributed by atoms with E-state index in [1.165, 1.54) is 0 Å². The van der Waals surface area contributed by atoms with E-state index in [9.17, 15) is 13.2 Å². The van der Waals surface area contributed by atoms with Gasteiger partial charge in [0.1, 0.15) is 11.9 Å². The van der Waals surface area contributed by atoms with Crippen molar-refractivity contribution in [2.24, 2.45) is 28.5 Å². The number of sulfonamides is 1. The van der Waals surface area contributed by atoms with E-state index in [2.05, 4.69) is 9.71 Å². The average molecular weight is 427 g/mol. The maximum absolute atomic E-state index is 13.2. The molecule has 3 N–H and O–H groups in total. The number of halogens is 1. The van der Waals surface area contributed by atoms with Crippen LogP contribution in [0.15, 0.2) is 34.2 Å². The molecule has 1 saturated carbocycles. The highest BCUT2D eigenvalue weighted by atomic mass is 35.5. The van der Waals surface area contributed by atoms with Gasteiger partial charge < -0.3 is 10.6 Å². The number of benzene rings is 1. The number of hydrogen-bond acceptors (Lipinski definition) is 5. The second kappa shape index (κ2) is 7.65. The molecule has 4 atom stereocenters. The number of carbonyl (C=O) groups is 1. The number of aliphatic imine (C=N–C) groups is 1. The van der Waals surface area contributed by atoms with Crippen LogP contribution in [0.4, 0.5) is 0 Å². The minimum absolute atomic E-state index is 0. The third-order valence-electron chi connectivity index (χ3n) is 6.04. The van der Waals surface area contributed by atoms with Gasteiger partial charge in [-0.15, -0.1) is 12.4 Å². The summed E-state index contributed by atoms with van der Waals surface area (Å²) in [5, 5.41) is 0. The summed E-state index contributed by atoms with van der Waals surface area (Å²) in [5.74, 6) is 1.03. The van der Waals surface area contributed by atoms with E-state index >= 15 is 0 Å². The quantitative estimate of drug-likeness (QED) is 0.761. The topological polar surface area (TPSA) is 105 Å². The highest BCUT2D eigenvalue weighted by Crippen LogP contribution is 2.37. The molecule has 2 aliphatic heterocycles. The molecule has 0 spiro atoms. The normalized spacial score (nSPS) is 29.9. The highest BCUT2D eigenvalue weighted by Gasteiger charge is 2.44. The first-order chi connectivity index (χ1) is 12.8. The van der Waals surface area contributed by atoms with Gasteiger partial charge in [0.15, 0.2) is 0 Å². The minimum atomic E-state index is -3.61. The van der Waals surface area contributed by atoms with Crippen molar-refractivity contribution in [3.05, 3.63) is 29.8 Å². The number of amides is 1. The fraction of sp³-hybridized carbons (Fsp3) is 0.579. The Hall–Kier alpha value is -1.64. The number of hydrogen-bond donors (Lipinski definition) is 2. The van der Waals surface area contributed by atoms with Crippen LogP contribution < -0.4 is 10.5 Å². The van der Waals surface area contributed by atoms with Crippen LogP contribution in [-0.4, -0.2) is 50.2 Å². The Bertz CT molecular complexity index is 902. The van der Waals surface area contributed by atoms with Gasteiger partial charge in [0.2, 0.25) is 5.91 Å². The summed E-state index contributed by atoms with van der Waals surface area (Å²) in [7, 11) is -3.61. The van der Waals surface area contributed by atoms with Crippen molar-refractivity contribution in [2.45, 2.75) is 43.7 Å². The lowest BCUT2D eigenvalue weighted by Gasteiger charge is -2.25. The van der Waals surface area contributed by atoms with Crippen molar-refractivity contribution in [3.8, 4) is 0 Å². The van der Waals surface area contributed by atoms with Crippen molar-refractivity contribution in [2.75, 3.05) is 13.1 Å². The number of nitrogens with zero attached hydrogens (tertiary/aromatic N) is 2. The van der Waals surface area contributed by atoms with Gasteiger partial charge in [-0.05, 0) is 42.7 Å². The molecule has 3 unspecified atom stereocenters. The summed E-state index contributed by atoms with van der Waals surface area (Å²) >= 11 is 0. The van der Waals surface area contributed by atoms with Crippen LogP contribution in [0, 0.1) is 17.8 Å². The summed E-state index contributed by atoms with van der Waals surface area (Å²) in [6, 6.07) is 6.27. The van der Waals surface area contributed by atoms with Crippen LogP contribution in [0.5, 0.6) is 0 Å². The number of rotatable bonds is 3. The molecular formula is C19H27ClN4O3S. The van der Waals surface area contributed by atoms with Gasteiger partial charge in [0.25, 0.3) is 10.0 Å². The van der Waals surface area contributed by atoms with E-state index in [4.69, 9.17) is 5.73 Å². The SMILES string of the molecule is CC(C)[C@H](N=C1NS(=O)(=O)c2ccccc21)C(=O)N1CC2CCC(N)C2C1.Cl. The van der Waals surface area contributed by atoms with Gasteiger partial charge in [-0.3, -0.25) is 14.5 Å². The Kier molecular flexibility index (Phi) is 5.76. The molecule has 4 rings (SSSR count). The van der Waals surface area contributed by atoms with Crippen molar-refractivity contribution < 1.29 is 13.2 Å². The molecule has 0 aromatic heterocycles. The third kappa shape index (κ3) is 3.53. The Balaban J connectivity index is 0.00000225. The fourth-order valence-corrected chi connectivity index (χ4v) is 5.77. The van der Waals surface area contributed by atoms with E-state index in [0.717, 1.165) is 19.4 Å². The Morgan fingerprint density at radius 1 is 1.25 bits per heavy atom. The molecule has 7 nitrogen and oxygen atoms in total. The molecule has 1 saturated heterocycles. The predicted octanol–water partition coefficient (Wildman–Crippen LogP) is 1.37. The third-order valence-corrected chi connectivity index (χ3v) is 7.44. The predicted molar refractivity (Wildman–Crippen MR) is 110 cm³/mol. The van der Waals surface area contributed by atoms with Gasteiger partial charge >= 0.3 is 0 Å². The first kappa shape index (κ1) is 21.1. The lowest BCUT2D eigenvalue weighted by atomic mass is 9.98. The minimum Gasteiger partial charge on any atom is -0.340 e. The van der Waals surface area contributed by atoms with Crippen LogP contribution in [-0.2, 0) is 14.8 Å². The second-order valence-corrected chi connectivity index (χ2v) is 9.83. The van der Waals surface area contributed by atoms with Gasteiger partial charge in [-0.2, -0.15) is 0 Å². The number of likely N-dealkylation sites (tertiary alicyclic amines) is 1. The van der Waals surface area contributed by atoms with Crippen molar-refractivity contribution in [1.82, 2.24) is 9.62 Å². The van der Waals surface area contributed by atoms with E-state index in [0.29, 0.717) is 23.9 Å². The zero-order valence-corrected chi connectivity index (χ0v) is 17.7. The number of fused-ring (bicyclic) bond motifs is 2. The van der Waals surface area contributed by atoms with Crippen molar-refractivity contribution in [3.63, 3.8) is 0 Å². The largest absolute Gasteiger partial charge is 0.340 e. The van der Waals surface area contributed by atoms with Gasteiger partial charge in [0.05, 0.1) is 4.90 Å². The van der Waals surface area contributed by atoms with Crippen LogP contribution in [0.2, 0.25) is 0 Å². The first-order valence-electron chi connectivity index (χ1n) is 9.52. The van der Waals surface area contributed by atoms with Crippen molar-refractivity contribution >= 4 is 34.2 Å². The molecule has 9 heteroatoms. The fourth-order valence-electron chi connectivity index (χ4n) is 4.53. The lowest BCUT2D eigenvalue weighted by Crippen LogP contribution is -2.42. The molecule has 1 aromatic rings. The zero-order valence-electron chi connectivity index (χ0n) is 16.0. The summed E-state index contributed by atoms with van der Waals surface area (Å²) in [6.45, 7) is 5.28. The van der Waals surface area contributed by atoms with E-state index in [-0.39, 0.29) is 41.0 Å². The Morgan fingerprint density at radius 3 is 2.64 bits per heavy atom. The monoisotopic (exact) mass is 426 g/mol. The highest BCUT2D eigenvalue weighted by molar-refractivity contribution is 7.90. The number of nitrogens with one attached hydrogen (secondary N) is 1. The molecule has 0 radical (unpaired) electrons. The molecule has 2 fully saturated rings. The smallest absolute Gasteiger partial charge is 0.263 e. The van der Waals surface area contributed by atoms with E-state index < -0.39 is 16.1 Å². The lowest BCUT2D eigenvalue weighted by molar-refractivity contribution is -0.132. The van der Waals surface area contributed by atoms with E-state index in [1.54, 1.807) is 24.3 Å². The van der Waals surface area contributed by atoms with Crippen LogP contribution >= 0.6 is 12.4 Å². The number of carbonyl (C=O) groups excluding carboxylic acids is 1. The molecule has 3 aliphatic rings. The maximum Gasteiger partial charge on any atom is 0.263 e. The summed E-state index contributed by atoms with van der Waals surface area (Å²) in [5.41, 5.74) is 6.72. The molecule has 1 aliphatic carbocycles. The molecule has 2 heterocycles. The van der Waals surface area contributed by atoms with Gasteiger partial charge in [-0.25, -0.2) is 8.42 Å². The molecule has 28 heavy (non-hydrogen) atoms. The molecule has 1 aromatic carbocycles. The average Bonchev–Trinajstić information content (AvgIpc) is 3.26. The molecule has 0 bridgehead atoms. The molecule has 154 valence electrons. The first-order valence-corrected chi connectivity index (χ1v) is 11.0. The zero-order chi connectivity index (χ0) is 19.3. The maximum atomic E-state index is 13.2. The number of amidine groups is 1. The summed E-state index contributed by atoms with van der Waals surface area (Å²) < 4.78 is 27.1. The van der Waals surface area contributed by atoms with Crippen molar-refractivity contribution in [1.29, 1.82) is 0 Å². The van der Waals surface area contributed by atoms with Gasteiger partial charge in [0, 0.05) is 24.7 Å². The van der Waals surface area contributed by atoms with Gasteiger partial charge in [-0.1, -0.05) is 26.0 Å². The summed E-state index contributed by atoms with van der Waals surface area (Å²) in [4.78, 5) is 19.8. The Morgan fingerprint density at radius 2 is 1.96 bits per heavy atom. The Labute approximate surface area is 172 Å². The second-order valence-electron chi connectivity index (χ2n) is 8.18. The molecule has 1 amide bonds. The van der Waals surface area contributed by atoms with Crippen LogP contribution in [0.1, 0.15) is 32.3 Å². The van der Waals surface area contributed by atoms with E-state index in [1.807, 2.05) is 18.7 Å². The molecular weight excluding hydrogens is 400 g/mol. The van der Waals surface area contributed by atoms with Crippen LogP contribution in [0.25, 0.3) is 0 Å². The van der Waals surface area contributed by atoms with Crippen LogP contribution in [0.3, 0.4) is 0 Å². The summed E-state index contributed by atoms with van der Waals surface area (Å²) in [6.07, 6.45) is 2.11. The standard InChI is InChI=1S/C19H26N4O3S.ClH/c1-11(2)17(19(24)23-9-12-7-8-15(20)14(12)10-23)21-18-13-5-3-4-6-16(13)27(25,26)22-18;/h3-6,11-12,14-15,17H,7-10,20H2,1-2H3,(H,21,22);1H/t12?,14?,15?,17-;/m0./s1. The number of nitrogens with two attached hydrogens (primary N) is 1.